The summed E-state index contributed by atoms with van der Waals surface area (Å²) in [6.45, 7) is 3.99. The zero-order valence-corrected chi connectivity index (χ0v) is 10.9. The van der Waals surface area contributed by atoms with Crippen LogP contribution >= 0.6 is 0 Å². The maximum absolute atomic E-state index is 11.3. The molecule has 1 aromatic heterocycles. The summed E-state index contributed by atoms with van der Waals surface area (Å²) in [6, 6.07) is 7.42. The molecule has 1 aliphatic heterocycles. The van der Waals surface area contributed by atoms with Crippen molar-refractivity contribution in [2.75, 3.05) is 18.0 Å². The summed E-state index contributed by atoms with van der Waals surface area (Å²) in [7, 11) is 0. The highest BCUT2D eigenvalue weighted by Crippen LogP contribution is 2.30. The van der Waals surface area contributed by atoms with E-state index < -0.39 is 5.97 Å². The molecule has 1 aliphatic rings. The third-order valence-electron chi connectivity index (χ3n) is 3.62. The van der Waals surface area contributed by atoms with Gasteiger partial charge in [-0.15, -0.1) is 0 Å². The van der Waals surface area contributed by atoms with Gasteiger partial charge in [0.1, 0.15) is 0 Å². The molecule has 19 heavy (non-hydrogen) atoms. The first-order chi connectivity index (χ1) is 9.16. The molecule has 1 fully saturated rings. The number of fused-ring (bicyclic) bond motifs is 1. The Morgan fingerprint density at radius 1 is 1.32 bits per heavy atom. The van der Waals surface area contributed by atoms with Crippen LogP contribution < -0.4 is 4.90 Å². The van der Waals surface area contributed by atoms with E-state index in [4.69, 9.17) is 0 Å². The number of para-hydroxylation sites is 1. The Balaban J connectivity index is 2.27. The predicted octanol–water partition coefficient (Wildman–Crippen LogP) is 2.84. The molecular formula is C15H16N2O2. The smallest absolute Gasteiger partial charge is 0.337 e. The van der Waals surface area contributed by atoms with Crippen molar-refractivity contribution in [2.24, 2.45) is 0 Å². The number of aromatic carboxylic acids is 1. The Morgan fingerprint density at radius 2 is 2.05 bits per heavy atom. The van der Waals surface area contributed by atoms with E-state index in [0.29, 0.717) is 5.52 Å². The lowest BCUT2D eigenvalue weighted by molar-refractivity contribution is 0.0699. The van der Waals surface area contributed by atoms with E-state index in [0.717, 1.165) is 29.9 Å². The number of carboxylic acid groups (broad SMARTS) is 1. The van der Waals surface area contributed by atoms with Crippen LogP contribution in [0.3, 0.4) is 0 Å². The Morgan fingerprint density at radius 3 is 2.74 bits per heavy atom. The molecule has 2 heterocycles. The highest BCUT2D eigenvalue weighted by molar-refractivity contribution is 6.05. The molecule has 3 rings (SSSR count). The maximum Gasteiger partial charge on any atom is 0.337 e. The number of nitrogens with zero attached hydrogens (tertiary/aromatic N) is 2. The van der Waals surface area contributed by atoms with Crippen LogP contribution in [0, 0.1) is 6.92 Å². The number of carboxylic acids is 1. The minimum atomic E-state index is -0.920. The quantitative estimate of drug-likeness (QED) is 0.897. The first-order valence-electron chi connectivity index (χ1n) is 6.55. The van der Waals surface area contributed by atoms with Crippen LogP contribution in [-0.4, -0.2) is 29.1 Å². The fourth-order valence-corrected chi connectivity index (χ4v) is 2.75. The number of hydrogen-bond acceptors (Lipinski definition) is 3. The van der Waals surface area contributed by atoms with Crippen LogP contribution in [-0.2, 0) is 0 Å². The Kier molecular flexibility index (Phi) is 2.85. The van der Waals surface area contributed by atoms with Gasteiger partial charge >= 0.3 is 5.97 Å². The summed E-state index contributed by atoms with van der Waals surface area (Å²) < 4.78 is 0. The van der Waals surface area contributed by atoms with Gasteiger partial charge in [-0.3, -0.25) is 4.98 Å². The number of anilines is 1. The number of rotatable bonds is 2. The average Bonchev–Trinajstić information content (AvgIpc) is 2.90. The van der Waals surface area contributed by atoms with Crippen molar-refractivity contribution in [3.63, 3.8) is 0 Å². The minimum Gasteiger partial charge on any atom is -0.478 e. The second-order valence-corrected chi connectivity index (χ2v) is 4.98. The van der Waals surface area contributed by atoms with Gasteiger partial charge in [0.15, 0.2) is 0 Å². The zero-order chi connectivity index (χ0) is 13.4. The van der Waals surface area contributed by atoms with Crippen molar-refractivity contribution in [1.82, 2.24) is 4.98 Å². The summed E-state index contributed by atoms with van der Waals surface area (Å²) in [5, 5.41) is 10.2. The molecule has 0 amide bonds. The molecule has 0 atom stereocenters. The van der Waals surface area contributed by atoms with E-state index in [1.165, 1.54) is 12.8 Å². The molecule has 0 spiro atoms. The lowest BCUT2D eigenvalue weighted by Crippen LogP contribution is -2.18. The molecule has 1 aromatic carbocycles. The lowest BCUT2D eigenvalue weighted by atomic mass is 10.1. The van der Waals surface area contributed by atoms with Crippen molar-refractivity contribution in [3.05, 3.63) is 35.5 Å². The van der Waals surface area contributed by atoms with Gasteiger partial charge in [0.25, 0.3) is 0 Å². The third kappa shape index (κ3) is 2.03. The van der Waals surface area contributed by atoms with E-state index in [1.54, 1.807) is 12.1 Å². The summed E-state index contributed by atoms with van der Waals surface area (Å²) in [6.07, 6.45) is 2.39. The fourth-order valence-electron chi connectivity index (χ4n) is 2.75. The lowest BCUT2D eigenvalue weighted by Gasteiger charge is -2.20. The van der Waals surface area contributed by atoms with Gasteiger partial charge in [0.2, 0.25) is 0 Å². The van der Waals surface area contributed by atoms with Gasteiger partial charge in [0, 0.05) is 29.9 Å². The average molecular weight is 256 g/mol. The van der Waals surface area contributed by atoms with Gasteiger partial charge in [-0.25, -0.2) is 4.79 Å². The van der Waals surface area contributed by atoms with Gasteiger partial charge in [-0.05, 0) is 31.9 Å². The molecule has 0 radical (unpaired) electrons. The molecule has 98 valence electrons. The first kappa shape index (κ1) is 12.0. The van der Waals surface area contributed by atoms with E-state index in [9.17, 15) is 9.90 Å². The highest BCUT2D eigenvalue weighted by atomic mass is 16.4. The van der Waals surface area contributed by atoms with Crippen LogP contribution in [0.5, 0.6) is 0 Å². The van der Waals surface area contributed by atoms with Crippen LogP contribution in [0.25, 0.3) is 10.9 Å². The molecule has 4 heteroatoms. The van der Waals surface area contributed by atoms with Crippen LogP contribution in [0.4, 0.5) is 5.69 Å². The van der Waals surface area contributed by atoms with Crippen molar-refractivity contribution >= 4 is 22.6 Å². The van der Waals surface area contributed by atoms with E-state index >= 15 is 0 Å². The topological polar surface area (TPSA) is 53.4 Å². The fraction of sp³-hybridized carbons (Fsp3) is 0.333. The first-order valence-corrected chi connectivity index (χ1v) is 6.55. The number of pyridine rings is 1. The van der Waals surface area contributed by atoms with Crippen LogP contribution in [0.15, 0.2) is 24.3 Å². The van der Waals surface area contributed by atoms with E-state index in [-0.39, 0.29) is 5.56 Å². The summed E-state index contributed by atoms with van der Waals surface area (Å²) in [4.78, 5) is 18.0. The van der Waals surface area contributed by atoms with Gasteiger partial charge in [-0.1, -0.05) is 12.1 Å². The highest BCUT2D eigenvalue weighted by Gasteiger charge is 2.18. The number of carbonyl (C=O) groups is 1. The summed E-state index contributed by atoms with van der Waals surface area (Å²) in [5.74, 6) is -0.920. The molecule has 0 bridgehead atoms. The SMILES string of the molecule is Cc1cc(N2CCCC2)c2cccc(C(=O)O)c2n1. The van der Waals surface area contributed by atoms with Crippen LogP contribution in [0.2, 0.25) is 0 Å². The number of benzene rings is 1. The Hall–Kier alpha value is -2.10. The Bertz CT molecular complexity index is 646. The molecule has 0 saturated carbocycles. The maximum atomic E-state index is 11.3. The Labute approximate surface area is 111 Å². The summed E-state index contributed by atoms with van der Waals surface area (Å²) >= 11 is 0. The molecule has 0 unspecified atom stereocenters. The van der Waals surface area contributed by atoms with E-state index in [2.05, 4.69) is 16.0 Å². The number of aromatic nitrogens is 1. The zero-order valence-electron chi connectivity index (χ0n) is 10.9. The number of aryl methyl sites for hydroxylation is 1. The second kappa shape index (κ2) is 4.53. The van der Waals surface area contributed by atoms with Crippen LogP contribution in [0.1, 0.15) is 28.9 Å². The molecule has 1 N–H and O–H groups in total. The predicted molar refractivity (Wildman–Crippen MR) is 74.9 cm³/mol. The molecular weight excluding hydrogens is 240 g/mol. The van der Waals surface area contributed by atoms with Gasteiger partial charge in [0.05, 0.1) is 11.1 Å². The molecule has 0 aliphatic carbocycles. The van der Waals surface area contributed by atoms with Crippen molar-refractivity contribution in [1.29, 1.82) is 0 Å². The monoisotopic (exact) mass is 256 g/mol. The third-order valence-corrected chi connectivity index (χ3v) is 3.62. The van der Waals surface area contributed by atoms with Gasteiger partial charge in [-0.2, -0.15) is 0 Å². The largest absolute Gasteiger partial charge is 0.478 e. The van der Waals surface area contributed by atoms with Crippen molar-refractivity contribution in [3.8, 4) is 0 Å². The normalized spacial score (nSPS) is 15.1. The minimum absolute atomic E-state index is 0.279. The van der Waals surface area contributed by atoms with E-state index in [1.807, 2.05) is 13.0 Å². The second-order valence-electron chi connectivity index (χ2n) is 4.98. The number of hydrogen-bond donors (Lipinski definition) is 1. The van der Waals surface area contributed by atoms with Gasteiger partial charge < -0.3 is 10.0 Å². The molecule has 1 saturated heterocycles. The molecule has 4 nitrogen and oxygen atoms in total. The summed E-state index contributed by atoms with van der Waals surface area (Å²) in [5.41, 5.74) is 2.85. The standard InChI is InChI=1S/C15H16N2O2/c1-10-9-13(17-7-2-3-8-17)11-5-4-6-12(15(18)19)14(11)16-10/h4-6,9H,2-3,7-8H2,1H3,(H,18,19). The van der Waals surface area contributed by atoms with Crippen molar-refractivity contribution < 1.29 is 9.90 Å². The molecule has 2 aromatic rings. The van der Waals surface area contributed by atoms with Crippen molar-refractivity contribution in [2.45, 2.75) is 19.8 Å².